The van der Waals surface area contributed by atoms with Crippen LogP contribution in [0.4, 0.5) is 0 Å². The maximum absolute atomic E-state index is 12.3. The molecule has 7 nitrogen and oxygen atoms in total. The molecule has 134 valence electrons. The summed E-state index contributed by atoms with van der Waals surface area (Å²) in [5.74, 6) is 0.447. The fraction of sp³-hybridized carbons (Fsp3) is 0.562. The number of fused-ring (bicyclic) bond motifs is 1. The molecular formula is C16H23NO6S. The van der Waals surface area contributed by atoms with Crippen LogP contribution in [0.1, 0.15) is 20.3 Å². The molecule has 1 N–H and O–H groups in total. The summed E-state index contributed by atoms with van der Waals surface area (Å²) >= 11 is 0. The number of carbonyl (C=O) groups excluding carboxylic acids is 1. The van der Waals surface area contributed by atoms with Crippen molar-refractivity contribution >= 4 is 16.0 Å². The summed E-state index contributed by atoms with van der Waals surface area (Å²) in [6.45, 7) is 3.92. The average molecular weight is 357 g/mol. The molecule has 0 radical (unpaired) electrons. The maximum Gasteiger partial charge on any atom is 0.324 e. The van der Waals surface area contributed by atoms with Crippen molar-refractivity contribution in [3.63, 3.8) is 0 Å². The fourth-order valence-electron chi connectivity index (χ4n) is 2.27. The summed E-state index contributed by atoms with van der Waals surface area (Å²) in [6, 6.07) is 6.33. The Morgan fingerprint density at radius 2 is 2.04 bits per heavy atom. The van der Waals surface area contributed by atoms with Gasteiger partial charge < -0.3 is 14.2 Å². The second kappa shape index (κ2) is 7.85. The summed E-state index contributed by atoms with van der Waals surface area (Å²) in [5, 5.41) is 0. The monoisotopic (exact) mass is 357 g/mol. The lowest BCUT2D eigenvalue weighted by Crippen LogP contribution is -2.46. The third kappa shape index (κ3) is 5.10. The van der Waals surface area contributed by atoms with Gasteiger partial charge in [-0.1, -0.05) is 32.4 Å². The molecule has 1 aliphatic heterocycles. The van der Waals surface area contributed by atoms with Crippen LogP contribution in [0.3, 0.4) is 0 Å². The summed E-state index contributed by atoms with van der Waals surface area (Å²) in [4.78, 5) is 12.3. The molecule has 1 heterocycles. The largest absolute Gasteiger partial charge is 0.486 e. The van der Waals surface area contributed by atoms with E-state index in [1.165, 1.54) is 0 Å². The first-order valence-electron chi connectivity index (χ1n) is 7.82. The molecule has 0 saturated heterocycles. The van der Waals surface area contributed by atoms with E-state index in [4.69, 9.17) is 14.2 Å². The van der Waals surface area contributed by atoms with E-state index in [0.717, 1.165) is 6.26 Å². The van der Waals surface area contributed by atoms with Crippen LogP contribution in [-0.4, -0.2) is 46.0 Å². The Morgan fingerprint density at radius 1 is 1.38 bits per heavy atom. The van der Waals surface area contributed by atoms with Crippen molar-refractivity contribution in [3.05, 3.63) is 24.3 Å². The Morgan fingerprint density at radius 3 is 2.67 bits per heavy atom. The molecule has 0 aromatic heterocycles. The van der Waals surface area contributed by atoms with E-state index >= 15 is 0 Å². The lowest BCUT2D eigenvalue weighted by Gasteiger charge is -2.27. The van der Waals surface area contributed by atoms with Gasteiger partial charge in [0.25, 0.3) is 0 Å². The van der Waals surface area contributed by atoms with Crippen LogP contribution < -0.4 is 14.2 Å². The molecule has 0 fully saturated rings. The highest BCUT2D eigenvalue weighted by Crippen LogP contribution is 2.30. The number of carbonyl (C=O) groups is 1. The number of hydrogen-bond acceptors (Lipinski definition) is 6. The number of benzene rings is 1. The quantitative estimate of drug-likeness (QED) is 0.741. The summed E-state index contributed by atoms with van der Waals surface area (Å²) in [5.41, 5.74) is 0. The Labute approximate surface area is 142 Å². The van der Waals surface area contributed by atoms with Gasteiger partial charge >= 0.3 is 5.97 Å². The first-order valence-corrected chi connectivity index (χ1v) is 9.71. The van der Waals surface area contributed by atoms with Gasteiger partial charge in [0, 0.05) is 0 Å². The van der Waals surface area contributed by atoms with E-state index < -0.39 is 28.1 Å². The highest BCUT2D eigenvalue weighted by atomic mass is 32.2. The summed E-state index contributed by atoms with van der Waals surface area (Å²) < 4.78 is 41.7. The standard InChI is InChI=1S/C16H23NO6S/c1-4-11(2)15(17-24(3,19)20)16(18)22-10-12-9-21-13-7-5-6-8-14(13)23-12/h5-8,11-12,15,17H,4,9-10H2,1-3H3/t11-,12-,15-/m0/s1. The van der Waals surface area contributed by atoms with Crippen molar-refractivity contribution in [1.82, 2.24) is 4.72 Å². The second-order valence-electron chi connectivity index (χ2n) is 5.88. The molecule has 0 amide bonds. The van der Waals surface area contributed by atoms with E-state index in [9.17, 15) is 13.2 Å². The molecule has 0 unspecified atom stereocenters. The van der Waals surface area contributed by atoms with Gasteiger partial charge in [0.15, 0.2) is 17.6 Å². The first-order chi connectivity index (χ1) is 11.3. The van der Waals surface area contributed by atoms with E-state index in [1.54, 1.807) is 19.1 Å². The predicted octanol–water partition coefficient (Wildman–Crippen LogP) is 1.33. The van der Waals surface area contributed by atoms with Gasteiger partial charge in [-0.15, -0.1) is 0 Å². The van der Waals surface area contributed by atoms with Crippen LogP contribution >= 0.6 is 0 Å². The van der Waals surface area contributed by atoms with Crippen LogP contribution in [0.2, 0.25) is 0 Å². The van der Waals surface area contributed by atoms with Crippen LogP contribution in [-0.2, 0) is 19.6 Å². The summed E-state index contributed by atoms with van der Waals surface area (Å²) in [6.07, 6.45) is 1.23. The Kier molecular flexibility index (Phi) is 6.06. The maximum atomic E-state index is 12.3. The van der Waals surface area contributed by atoms with Crippen molar-refractivity contribution < 1.29 is 27.4 Å². The van der Waals surface area contributed by atoms with Gasteiger partial charge in [-0.2, -0.15) is 0 Å². The van der Waals surface area contributed by atoms with Gasteiger partial charge in [-0.05, 0) is 18.1 Å². The van der Waals surface area contributed by atoms with Crippen molar-refractivity contribution in [1.29, 1.82) is 0 Å². The first kappa shape index (κ1) is 18.5. The number of esters is 1. The van der Waals surface area contributed by atoms with Crippen LogP contribution in [0.15, 0.2) is 24.3 Å². The summed E-state index contributed by atoms with van der Waals surface area (Å²) in [7, 11) is -3.51. The molecule has 2 rings (SSSR count). The van der Waals surface area contributed by atoms with Gasteiger partial charge in [0.2, 0.25) is 10.0 Å². The van der Waals surface area contributed by atoms with Crippen molar-refractivity contribution in [2.75, 3.05) is 19.5 Å². The Hall–Kier alpha value is -1.80. The second-order valence-corrected chi connectivity index (χ2v) is 7.66. The van der Waals surface area contributed by atoms with Gasteiger partial charge in [0.1, 0.15) is 19.3 Å². The van der Waals surface area contributed by atoms with E-state index in [1.807, 2.05) is 19.1 Å². The zero-order chi connectivity index (χ0) is 17.7. The number of hydrogen-bond donors (Lipinski definition) is 1. The molecule has 0 saturated carbocycles. The van der Waals surface area contributed by atoms with Crippen molar-refractivity contribution in [3.8, 4) is 11.5 Å². The molecule has 0 spiro atoms. The minimum absolute atomic E-state index is 0.00839. The SMILES string of the molecule is CC[C@H](C)[C@H](NS(C)(=O)=O)C(=O)OC[C@@H]1COc2ccccc2O1. The zero-order valence-corrected chi connectivity index (χ0v) is 14.8. The minimum atomic E-state index is -3.51. The van der Waals surface area contributed by atoms with Crippen molar-refractivity contribution in [2.24, 2.45) is 5.92 Å². The Balaban J connectivity index is 1.93. The average Bonchev–Trinajstić information content (AvgIpc) is 2.56. The molecular weight excluding hydrogens is 334 g/mol. The van der Waals surface area contributed by atoms with Gasteiger partial charge in [-0.3, -0.25) is 4.79 Å². The van der Waals surface area contributed by atoms with E-state index in [0.29, 0.717) is 17.9 Å². The number of nitrogens with one attached hydrogen (secondary N) is 1. The topological polar surface area (TPSA) is 90.9 Å². The van der Waals surface area contributed by atoms with E-state index in [-0.39, 0.29) is 19.1 Å². The zero-order valence-electron chi connectivity index (χ0n) is 14.0. The molecule has 3 atom stereocenters. The number of rotatable bonds is 7. The van der Waals surface area contributed by atoms with Crippen LogP contribution in [0.25, 0.3) is 0 Å². The molecule has 0 bridgehead atoms. The third-order valence-corrected chi connectivity index (χ3v) is 4.47. The smallest absolute Gasteiger partial charge is 0.324 e. The molecule has 1 aromatic carbocycles. The van der Waals surface area contributed by atoms with Gasteiger partial charge in [0.05, 0.1) is 6.26 Å². The molecule has 1 aliphatic rings. The number of para-hydroxylation sites is 2. The normalized spacial score (nSPS) is 19.4. The number of sulfonamides is 1. The van der Waals surface area contributed by atoms with Gasteiger partial charge in [-0.25, -0.2) is 13.1 Å². The molecule has 1 aromatic rings. The predicted molar refractivity (Wildman–Crippen MR) is 88.5 cm³/mol. The highest BCUT2D eigenvalue weighted by Gasteiger charge is 2.30. The fourth-order valence-corrected chi connectivity index (χ4v) is 3.06. The number of ether oxygens (including phenoxy) is 3. The Bertz CT molecular complexity index is 675. The minimum Gasteiger partial charge on any atom is -0.486 e. The molecule has 0 aliphatic carbocycles. The molecule has 24 heavy (non-hydrogen) atoms. The van der Waals surface area contributed by atoms with E-state index in [2.05, 4.69) is 4.72 Å². The van der Waals surface area contributed by atoms with Crippen LogP contribution in [0.5, 0.6) is 11.5 Å². The van der Waals surface area contributed by atoms with Crippen LogP contribution in [0, 0.1) is 5.92 Å². The lowest BCUT2D eigenvalue weighted by molar-refractivity contribution is -0.150. The molecule has 8 heteroatoms. The lowest BCUT2D eigenvalue weighted by atomic mass is 10.0. The highest BCUT2D eigenvalue weighted by molar-refractivity contribution is 7.88. The van der Waals surface area contributed by atoms with Crippen molar-refractivity contribution in [2.45, 2.75) is 32.4 Å². The third-order valence-electron chi connectivity index (χ3n) is 3.79.